The molecule has 4 rings (SSSR count). The molecule has 0 radical (unpaired) electrons. The number of benzene rings is 3. The van der Waals surface area contributed by atoms with Gasteiger partial charge < -0.3 is 5.32 Å². The zero-order chi connectivity index (χ0) is 20.8. The molecule has 0 atom stereocenters. The van der Waals surface area contributed by atoms with Crippen LogP contribution in [-0.2, 0) is 11.3 Å². The third-order valence-electron chi connectivity index (χ3n) is 4.59. The molecule has 4 aromatic rings. The van der Waals surface area contributed by atoms with Gasteiger partial charge in [0.15, 0.2) is 11.0 Å². The van der Waals surface area contributed by atoms with Crippen LogP contribution in [0.5, 0.6) is 0 Å². The fourth-order valence-electron chi connectivity index (χ4n) is 3.12. The number of para-hydroxylation sites is 1. The summed E-state index contributed by atoms with van der Waals surface area (Å²) in [6.07, 6.45) is 0. The molecule has 0 fully saturated rings. The fraction of sp³-hybridized carbons (Fsp3) is 0.125. The van der Waals surface area contributed by atoms with Gasteiger partial charge in [-0.2, -0.15) is 0 Å². The van der Waals surface area contributed by atoms with Crippen molar-refractivity contribution in [1.82, 2.24) is 20.1 Å². The summed E-state index contributed by atoms with van der Waals surface area (Å²) < 4.78 is 2.00. The summed E-state index contributed by atoms with van der Waals surface area (Å²) in [6, 6.07) is 28.0. The highest BCUT2D eigenvalue weighted by Crippen LogP contribution is 2.28. The molecule has 0 aliphatic carbocycles. The van der Waals surface area contributed by atoms with E-state index in [9.17, 15) is 4.79 Å². The second-order valence-electron chi connectivity index (χ2n) is 6.90. The molecule has 1 N–H and O–H groups in total. The molecule has 1 heterocycles. The van der Waals surface area contributed by atoms with E-state index in [1.807, 2.05) is 77.4 Å². The van der Waals surface area contributed by atoms with Gasteiger partial charge in [-0.15, -0.1) is 10.2 Å². The van der Waals surface area contributed by atoms with Gasteiger partial charge in [0.25, 0.3) is 0 Å². The van der Waals surface area contributed by atoms with E-state index < -0.39 is 0 Å². The maximum absolute atomic E-state index is 12.4. The normalized spacial score (nSPS) is 10.7. The van der Waals surface area contributed by atoms with Crippen LogP contribution < -0.4 is 5.32 Å². The van der Waals surface area contributed by atoms with Crippen molar-refractivity contribution in [3.8, 4) is 17.1 Å². The Bertz CT molecular complexity index is 1130. The summed E-state index contributed by atoms with van der Waals surface area (Å²) in [5, 5.41) is 12.5. The lowest BCUT2D eigenvalue weighted by molar-refractivity contribution is -0.118. The average molecular weight is 415 g/mol. The maximum Gasteiger partial charge on any atom is 0.230 e. The minimum absolute atomic E-state index is 0.0384. The number of aromatic nitrogens is 3. The van der Waals surface area contributed by atoms with E-state index in [0.29, 0.717) is 11.7 Å². The van der Waals surface area contributed by atoms with Gasteiger partial charge in [0.1, 0.15) is 0 Å². The highest BCUT2D eigenvalue weighted by atomic mass is 32.2. The van der Waals surface area contributed by atoms with Crippen molar-refractivity contribution >= 4 is 17.7 Å². The largest absolute Gasteiger partial charge is 0.351 e. The second-order valence-corrected chi connectivity index (χ2v) is 7.84. The van der Waals surface area contributed by atoms with Crippen molar-refractivity contribution in [2.45, 2.75) is 18.6 Å². The Morgan fingerprint density at radius 3 is 2.40 bits per heavy atom. The smallest absolute Gasteiger partial charge is 0.230 e. The minimum atomic E-state index is -0.0384. The number of hydrogen-bond acceptors (Lipinski definition) is 4. The molecule has 0 saturated heterocycles. The van der Waals surface area contributed by atoms with Gasteiger partial charge in [-0.25, -0.2) is 0 Å². The van der Waals surface area contributed by atoms with Crippen LogP contribution in [0.25, 0.3) is 17.1 Å². The van der Waals surface area contributed by atoms with E-state index in [0.717, 1.165) is 28.2 Å². The third-order valence-corrected chi connectivity index (χ3v) is 5.52. The zero-order valence-electron chi connectivity index (χ0n) is 16.7. The van der Waals surface area contributed by atoms with Crippen molar-refractivity contribution in [2.24, 2.45) is 0 Å². The van der Waals surface area contributed by atoms with Crippen LogP contribution >= 0.6 is 11.8 Å². The van der Waals surface area contributed by atoms with Gasteiger partial charge in [-0.05, 0) is 30.7 Å². The number of thioether (sulfide) groups is 1. The molecule has 1 aromatic heterocycles. The van der Waals surface area contributed by atoms with Crippen molar-refractivity contribution in [1.29, 1.82) is 0 Å². The van der Waals surface area contributed by atoms with Crippen LogP contribution in [0.1, 0.15) is 11.1 Å². The number of rotatable bonds is 7. The first-order chi connectivity index (χ1) is 14.7. The second kappa shape index (κ2) is 9.41. The lowest BCUT2D eigenvalue weighted by Crippen LogP contribution is -2.24. The van der Waals surface area contributed by atoms with Gasteiger partial charge in [0, 0.05) is 17.8 Å². The van der Waals surface area contributed by atoms with E-state index in [4.69, 9.17) is 0 Å². The van der Waals surface area contributed by atoms with E-state index in [1.54, 1.807) is 0 Å². The maximum atomic E-state index is 12.4. The SMILES string of the molecule is Cc1cccc(-c2nnc(SCC(=O)NCc3ccccc3)n2-c2ccccc2)c1. The first-order valence-electron chi connectivity index (χ1n) is 9.72. The number of nitrogens with zero attached hydrogens (tertiary/aromatic N) is 3. The average Bonchev–Trinajstić information content (AvgIpc) is 3.21. The van der Waals surface area contributed by atoms with E-state index >= 15 is 0 Å². The van der Waals surface area contributed by atoms with E-state index in [-0.39, 0.29) is 11.7 Å². The standard InChI is InChI=1S/C24H22N4OS/c1-18-9-8-12-20(15-18)23-26-27-24(28(23)21-13-6-3-7-14-21)30-17-22(29)25-16-19-10-4-2-5-11-19/h2-15H,16-17H2,1H3,(H,25,29). The molecule has 0 aliphatic heterocycles. The Morgan fingerprint density at radius 1 is 0.933 bits per heavy atom. The first-order valence-corrected chi connectivity index (χ1v) is 10.7. The highest BCUT2D eigenvalue weighted by molar-refractivity contribution is 7.99. The van der Waals surface area contributed by atoms with Crippen LogP contribution in [0.15, 0.2) is 90.1 Å². The van der Waals surface area contributed by atoms with Gasteiger partial charge in [-0.3, -0.25) is 9.36 Å². The third kappa shape index (κ3) is 4.78. The van der Waals surface area contributed by atoms with Crippen LogP contribution in [0.4, 0.5) is 0 Å². The molecule has 0 aliphatic rings. The lowest BCUT2D eigenvalue weighted by Gasteiger charge is -2.11. The van der Waals surface area contributed by atoms with Crippen molar-refractivity contribution in [3.63, 3.8) is 0 Å². The van der Waals surface area contributed by atoms with Crippen molar-refractivity contribution < 1.29 is 4.79 Å². The van der Waals surface area contributed by atoms with Crippen LogP contribution in [0.2, 0.25) is 0 Å². The summed E-state index contributed by atoms with van der Waals surface area (Å²) in [5.41, 5.74) is 4.19. The molecule has 3 aromatic carbocycles. The van der Waals surface area contributed by atoms with Crippen molar-refractivity contribution in [2.75, 3.05) is 5.75 Å². The summed E-state index contributed by atoms with van der Waals surface area (Å²) in [7, 11) is 0. The number of aryl methyl sites for hydroxylation is 1. The Hall–Kier alpha value is -3.38. The van der Waals surface area contributed by atoms with Crippen LogP contribution in [-0.4, -0.2) is 26.4 Å². The van der Waals surface area contributed by atoms with Crippen LogP contribution in [0.3, 0.4) is 0 Å². The number of carbonyl (C=O) groups excluding carboxylic acids is 1. The number of nitrogens with one attached hydrogen (secondary N) is 1. The quantitative estimate of drug-likeness (QED) is 0.447. The van der Waals surface area contributed by atoms with Gasteiger partial charge in [0.05, 0.1) is 5.75 Å². The molecule has 6 heteroatoms. The van der Waals surface area contributed by atoms with E-state index in [1.165, 1.54) is 11.8 Å². The summed E-state index contributed by atoms with van der Waals surface area (Å²) in [4.78, 5) is 12.4. The molecule has 150 valence electrons. The molecule has 30 heavy (non-hydrogen) atoms. The van der Waals surface area contributed by atoms with Gasteiger partial charge in [0.2, 0.25) is 5.91 Å². The molecule has 0 unspecified atom stereocenters. The molecular weight excluding hydrogens is 392 g/mol. The summed E-state index contributed by atoms with van der Waals surface area (Å²) in [5.74, 6) is 0.992. The minimum Gasteiger partial charge on any atom is -0.351 e. The molecule has 5 nitrogen and oxygen atoms in total. The molecular formula is C24H22N4OS. The number of carbonyl (C=O) groups is 1. The Balaban J connectivity index is 1.54. The Kier molecular flexibility index (Phi) is 6.25. The molecule has 0 saturated carbocycles. The monoisotopic (exact) mass is 414 g/mol. The van der Waals surface area contributed by atoms with Crippen molar-refractivity contribution in [3.05, 3.63) is 96.1 Å². The lowest BCUT2D eigenvalue weighted by atomic mass is 10.1. The number of hydrogen-bond donors (Lipinski definition) is 1. The summed E-state index contributed by atoms with van der Waals surface area (Å²) >= 11 is 1.38. The molecule has 0 spiro atoms. The highest BCUT2D eigenvalue weighted by Gasteiger charge is 2.17. The summed E-state index contributed by atoms with van der Waals surface area (Å²) in [6.45, 7) is 2.57. The molecule has 0 bridgehead atoms. The van der Waals surface area contributed by atoms with Crippen LogP contribution in [0, 0.1) is 6.92 Å². The Labute approximate surface area is 180 Å². The first kappa shape index (κ1) is 19.9. The molecule has 1 amide bonds. The predicted molar refractivity (Wildman–Crippen MR) is 121 cm³/mol. The fourth-order valence-corrected chi connectivity index (χ4v) is 3.90. The Morgan fingerprint density at radius 2 is 1.67 bits per heavy atom. The van der Waals surface area contributed by atoms with Gasteiger partial charge >= 0.3 is 0 Å². The predicted octanol–water partition coefficient (Wildman–Crippen LogP) is 4.65. The zero-order valence-corrected chi connectivity index (χ0v) is 17.5. The van der Waals surface area contributed by atoms with Gasteiger partial charge in [-0.1, -0.05) is 84.1 Å². The van der Waals surface area contributed by atoms with E-state index in [2.05, 4.69) is 34.6 Å². The number of amides is 1. The topological polar surface area (TPSA) is 59.8 Å².